The number of hydrogen-bond acceptors (Lipinski definition) is 3. The van der Waals surface area contributed by atoms with Crippen molar-refractivity contribution in [1.82, 2.24) is 9.55 Å². The van der Waals surface area contributed by atoms with Crippen LogP contribution in [0.3, 0.4) is 0 Å². The summed E-state index contributed by atoms with van der Waals surface area (Å²) in [5.41, 5.74) is 3.23. The molecule has 1 unspecified atom stereocenters. The van der Waals surface area contributed by atoms with E-state index in [1.54, 1.807) is 0 Å². The molecular formula is C20H22N2O2. The first-order valence-electron chi connectivity index (χ1n) is 8.56. The van der Waals surface area contributed by atoms with Crippen molar-refractivity contribution in [2.24, 2.45) is 0 Å². The second-order valence-corrected chi connectivity index (χ2v) is 6.50. The molecule has 4 rings (SSSR count). The van der Waals surface area contributed by atoms with Gasteiger partial charge in [0.25, 0.3) is 0 Å². The summed E-state index contributed by atoms with van der Waals surface area (Å²) >= 11 is 0. The average molecular weight is 322 g/mol. The molecule has 1 aromatic heterocycles. The highest BCUT2D eigenvalue weighted by atomic mass is 16.5. The summed E-state index contributed by atoms with van der Waals surface area (Å²) in [4.78, 5) is 4.77. The van der Waals surface area contributed by atoms with E-state index in [2.05, 4.69) is 10.6 Å². The van der Waals surface area contributed by atoms with Gasteiger partial charge in [-0.05, 0) is 30.5 Å². The van der Waals surface area contributed by atoms with Crippen molar-refractivity contribution in [3.63, 3.8) is 0 Å². The van der Waals surface area contributed by atoms with E-state index in [-0.39, 0.29) is 0 Å². The van der Waals surface area contributed by atoms with E-state index >= 15 is 0 Å². The van der Waals surface area contributed by atoms with Crippen molar-refractivity contribution in [2.75, 3.05) is 6.61 Å². The molecule has 0 amide bonds. The molecule has 4 heteroatoms. The molecule has 1 atom stereocenters. The Bertz CT molecular complexity index is 809. The standard InChI is InChI=1S/C20H22N2O2/c23-17(14-24-13-15-6-2-1-3-7-15)12-22-19-9-5-4-8-18(19)21-20(22)16-10-11-16/h1-9,16-17,23H,10-14H2. The summed E-state index contributed by atoms with van der Waals surface area (Å²) in [6.45, 7) is 1.38. The summed E-state index contributed by atoms with van der Waals surface area (Å²) in [7, 11) is 0. The van der Waals surface area contributed by atoms with Gasteiger partial charge >= 0.3 is 0 Å². The minimum atomic E-state index is -0.538. The highest BCUT2D eigenvalue weighted by Gasteiger charge is 2.30. The van der Waals surface area contributed by atoms with Crippen molar-refractivity contribution < 1.29 is 9.84 Å². The number of fused-ring (bicyclic) bond motifs is 1. The number of aliphatic hydroxyl groups is 1. The number of hydrogen-bond donors (Lipinski definition) is 1. The topological polar surface area (TPSA) is 47.3 Å². The van der Waals surface area contributed by atoms with Crippen molar-refractivity contribution in [2.45, 2.75) is 38.0 Å². The van der Waals surface area contributed by atoms with Gasteiger partial charge in [0.15, 0.2) is 0 Å². The lowest BCUT2D eigenvalue weighted by molar-refractivity contribution is 0.0205. The third kappa shape index (κ3) is 3.35. The molecule has 1 heterocycles. The summed E-state index contributed by atoms with van der Waals surface area (Å²) in [5.74, 6) is 1.66. The molecule has 4 nitrogen and oxygen atoms in total. The highest BCUT2D eigenvalue weighted by molar-refractivity contribution is 5.76. The Labute approximate surface area is 141 Å². The van der Waals surface area contributed by atoms with Crippen LogP contribution in [0.15, 0.2) is 54.6 Å². The van der Waals surface area contributed by atoms with E-state index in [1.807, 2.05) is 48.5 Å². The summed E-state index contributed by atoms with van der Waals surface area (Å²) in [6, 6.07) is 18.2. The molecule has 24 heavy (non-hydrogen) atoms. The van der Waals surface area contributed by atoms with Crippen LogP contribution < -0.4 is 0 Å². The second-order valence-electron chi connectivity index (χ2n) is 6.50. The molecule has 1 saturated carbocycles. The van der Waals surface area contributed by atoms with Crippen LogP contribution in [-0.4, -0.2) is 27.4 Å². The van der Waals surface area contributed by atoms with Crippen molar-refractivity contribution in [1.29, 1.82) is 0 Å². The van der Waals surface area contributed by atoms with Gasteiger partial charge in [-0.15, -0.1) is 0 Å². The molecule has 1 aliphatic rings. The van der Waals surface area contributed by atoms with Crippen LogP contribution in [0, 0.1) is 0 Å². The number of ether oxygens (including phenoxy) is 1. The minimum Gasteiger partial charge on any atom is -0.389 e. The summed E-state index contributed by atoms with van der Waals surface area (Å²) in [6.07, 6.45) is 1.86. The lowest BCUT2D eigenvalue weighted by atomic mass is 10.2. The van der Waals surface area contributed by atoms with E-state index in [0.717, 1.165) is 22.4 Å². The van der Waals surface area contributed by atoms with Crippen LogP contribution in [0.25, 0.3) is 11.0 Å². The first-order chi connectivity index (χ1) is 11.8. The van der Waals surface area contributed by atoms with Gasteiger partial charge in [-0.3, -0.25) is 0 Å². The van der Waals surface area contributed by atoms with Crippen molar-refractivity contribution in [3.05, 3.63) is 66.0 Å². The third-order valence-corrected chi connectivity index (χ3v) is 4.44. The Morgan fingerprint density at radius 1 is 1.08 bits per heavy atom. The van der Waals surface area contributed by atoms with E-state index < -0.39 is 6.10 Å². The fourth-order valence-electron chi connectivity index (χ4n) is 3.09. The fourth-order valence-corrected chi connectivity index (χ4v) is 3.09. The van der Waals surface area contributed by atoms with Crippen LogP contribution in [-0.2, 0) is 17.9 Å². The molecule has 1 fully saturated rings. The minimum absolute atomic E-state index is 0.325. The Hall–Kier alpha value is -2.17. The highest BCUT2D eigenvalue weighted by Crippen LogP contribution is 2.40. The maximum atomic E-state index is 10.4. The quantitative estimate of drug-likeness (QED) is 0.724. The molecule has 0 aliphatic heterocycles. The summed E-state index contributed by atoms with van der Waals surface area (Å²) < 4.78 is 7.84. The third-order valence-electron chi connectivity index (χ3n) is 4.44. The smallest absolute Gasteiger partial charge is 0.113 e. The Morgan fingerprint density at radius 2 is 1.83 bits per heavy atom. The Morgan fingerprint density at radius 3 is 2.62 bits per heavy atom. The normalized spacial score (nSPS) is 15.7. The number of aromatic nitrogens is 2. The molecule has 0 bridgehead atoms. The number of nitrogens with zero attached hydrogens (tertiary/aromatic N) is 2. The first-order valence-corrected chi connectivity index (χ1v) is 8.56. The second kappa shape index (κ2) is 6.75. The van der Waals surface area contributed by atoms with Gasteiger partial charge in [0.1, 0.15) is 5.82 Å². The molecule has 0 radical (unpaired) electrons. The van der Waals surface area contributed by atoms with Gasteiger partial charge in [0.2, 0.25) is 0 Å². The predicted octanol–water partition coefficient (Wildman–Crippen LogP) is 3.49. The molecule has 124 valence electrons. The SMILES string of the molecule is OC(COCc1ccccc1)Cn1c(C2CC2)nc2ccccc21. The molecule has 0 spiro atoms. The van der Waals surface area contributed by atoms with Gasteiger partial charge in [0, 0.05) is 5.92 Å². The van der Waals surface area contributed by atoms with E-state index in [1.165, 1.54) is 12.8 Å². The zero-order chi connectivity index (χ0) is 16.4. The zero-order valence-electron chi connectivity index (χ0n) is 13.6. The van der Waals surface area contributed by atoms with Gasteiger partial charge in [-0.25, -0.2) is 4.98 Å². The van der Waals surface area contributed by atoms with Crippen LogP contribution >= 0.6 is 0 Å². The zero-order valence-corrected chi connectivity index (χ0v) is 13.6. The number of imidazole rings is 1. The largest absolute Gasteiger partial charge is 0.389 e. The number of benzene rings is 2. The Balaban J connectivity index is 1.42. The fraction of sp³-hybridized carbons (Fsp3) is 0.350. The molecule has 1 N–H and O–H groups in total. The van der Waals surface area contributed by atoms with Gasteiger partial charge < -0.3 is 14.4 Å². The summed E-state index contributed by atoms with van der Waals surface area (Å²) in [5, 5.41) is 10.4. The van der Waals surface area contributed by atoms with Crippen LogP contribution in [0.5, 0.6) is 0 Å². The van der Waals surface area contributed by atoms with Crippen molar-refractivity contribution in [3.8, 4) is 0 Å². The molecule has 3 aromatic rings. The van der Waals surface area contributed by atoms with E-state index in [0.29, 0.717) is 25.7 Å². The van der Waals surface area contributed by atoms with Gasteiger partial charge in [-0.1, -0.05) is 42.5 Å². The predicted molar refractivity (Wildman–Crippen MR) is 93.8 cm³/mol. The lowest BCUT2D eigenvalue weighted by Crippen LogP contribution is -2.23. The van der Waals surface area contributed by atoms with Crippen LogP contribution in [0.2, 0.25) is 0 Å². The average Bonchev–Trinajstić information content (AvgIpc) is 3.39. The molecule has 0 saturated heterocycles. The Kier molecular flexibility index (Phi) is 4.32. The first kappa shape index (κ1) is 15.4. The molecule has 2 aromatic carbocycles. The molecular weight excluding hydrogens is 300 g/mol. The van der Waals surface area contributed by atoms with Crippen LogP contribution in [0.4, 0.5) is 0 Å². The maximum Gasteiger partial charge on any atom is 0.113 e. The number of aliphatic hydroxyl groups excluding tert-OH is 1. The van der Waals surface area contributed by atoms with E-state index in [9.17, 15) is 5.11 Å². The van der Waals surface area contributed by atoms with Crippen molar-refractivity contribution >= 4 is 11.0 Å². The monoisotopic (exact) mass is 322 g/mol. The van der Waals surface area contributed by atoms with Gasteiger partial charge in [-0.2, -0.15) is 0 Å². The number of para-hydroxylation sites is 2. The van der Waals surface area contributed by atoms with E-state index in [4.69, 9.17) is 9.72 Å². The maximum absolute atomic E-state index is 10.4. The number of rotatable bonds is 7. The lowest BCUT2D eigenvalue weighted by Gasteiger charge is -2.15. The molecule has 1 aliphatic carbocycles. The van der Waals surface area contributed by atoms with Crippen LogP contribution in [0.1, 0.15) is 30.1 Å². The van der Waals surface area contributed by atoms with Gasteiger partial charge in [0.05, 0.1) is 36.9 Å².